The van der Waals surface area contributed by atoms with Crippen molar-refractivity contribution in [1.82, 2.24) is 4.98 Å². The fourth-order valence-corrected chi connectivity index (χ4v) is 2.17. The maximum atomic E-state index is 12.7. The summed E-state index contributed by atoms with van der Waals surface area (Å²) in [6, 6.07) is 2.61. The Kier molecular flexibility index (Phi) is 4.21. The lowest BCUT2D eigenvalue weighted by molar-refractivity contribution is 0.0426. The van der Waals surface area contributed by atoms with Gasteiger partial charge in [0.2, 0.25) is 0 Å². The van der Waals surface area contributed by atoms with Crippen molar-refractivity contribution in [3.63, 3.8) is 0 Å². The molecule has 6 heteroatoms. The van der Waals surface area contributed by atoms with Crippen LogP contribution >= 0.6 is 0 Å². The van der Waals surface area contributed by atoms with Crippen LogP contribution in [0.2, 0.25) is 0 Å². The van der Waals surface area contributed by atoms with E-state index in [-0.39, 0.29) is 12.2 Å². The van der Waals surface area contributed by atoms with Gasteiger partial charge in [-0.15, -0.1) is 0 Å². The summed E-state index contributed by atoms with van der Waals surface area (Å²) in [5, 5.41) is 10.1. The average Bonchev–Trinajstić information content (AvgIpc) is 2.15. The lowest BCUT2D eigenvalue weighted by Crippen LogP contribution is -2.23. The van der Waals surface area contributed by atoms with Crippen LogP contribution in [0, 0.1) is 5.82 Å². The monoisotopic (exact) mass is 261 g/mol. The van der Waals surface area contributed by atoms with Crippen LogP contribution in [0.15, 0.2) is 18.3 Å². The largest absolute Gasteiger partial charge is 0.384 e. The van der Waals surface area contributed by atoms with E-state index in [2.05, 4.69) is 4.98 Å². The molecule has 0 amide bonds. The Bertz CT molecular complexity index is 468. The van der Waals surface area contributed by atoms with E-state index < -0.39 is 21.3 Å². The number of halogens is 1. The average molecular weight is 261 g/mol. The predicted molar refractivity (Wildman–Crippen MR) is 62.7 cm³/mol. The summed E-state index contributed by atoms with van der Waals surface area (Å²) in [6.07, 6.45) is 2.78. The highest BCUT2D eigenvalue weighted by atomic mass is 32.2. The zero-order valence-corrected chi connectivity index (χ0v) is 10.7. The number of nitrogens with zero attached hydrogens (tertiary/aromatic N) is 1. The van der Waals surface area contributed by atoms with Gasteiger partial charge in [-0.2, -0.15) is 0 Å². The summed E-state index contributed by atoms with van der Waals surface area (Å²) < 4.78 is 34.6. The molecule has 0 aliphatic rings. The van der Waals surface area contributed by atoms with Crippen molar-refractivity contribution in [1.29, 1.82) is 0 Å². The van der Waals surface area contributed by atoms with Crippen molar-refractivity contribution in [3.8, 4) is 0 Å². The molecule has 17 heavy (non-hydrogen) atoms. The normalized spacial score (nSPS) is 15.5. The van der Waals surface area contributed by atoms with Crippen LogP contribution < -0.4 is 0 Å². The molecule has 0 radical (unpaired) electrons. The SMILES string of the molecule is CC(O)(CCCS(C)(=O)=O)c1ccc(F)cn1. The summed E-state index contributed by atoms with van der Waals surface area (Å²) in [6.45, 7) is 1.54. The van der Waals surface area contributed by atoms with E-state index >= 15 is 0 Å². The topological polar surface area (TPSA) is 67.3 Å². The first-order valence-corrected chi connectivity index (χ1v) is 7.29. The molecule has 0 saturated carbocycles. The molecule has 0 fully saturated rings. The Labute approximate surface area is 100 Å². The van der Waals surface area contributed by atoms with Gasteiger partial charge in [0.15, 0.2) is 0 Å². The fourth-order valence-electron chi connectivity index (χ4n) is 1.50. The molecule has 4 nitrogen and oxygen atoms in total. The molecular weight excluding hydrogens is 245 g/mol. The summed E-state index contributed by atoms with van der Waals surface area (Å²) in [5.41, 5.74) is -0.898. The van der Waals surface area contributed by atoms with Crippen molar-refractivity contribution >= 4 is 9.84 Å². The Balaban J connectivity index is 2.65. The molecule has 1 rings (SSSR count). The maximum Gasteiger partial charge on any atom is 0.147 e. The molecule has 0 saturated heterocycles. The Morgan fingerprint density at radius 3 is 2.59 bits per heavy atom. The van der Waals surface area contributed by atoms with Crippen LogP contribution in [0.1, 0.15) is 25.5 Å². The minimum atomic E-state index is -3.03. The van der Waals surface area contributed by atoms with Gasteiger partial charge in [0.1, 0.15) is 21.3 Å². The van der Waals surface area contributed by atoms with E-state index in [4.69, 9.17) is 0 Å². The highest BCUT2D eigenvalue weighted by Crippen LogP contribution is 2.24. The lowest BCUT2D eigenvalue weighted by Gasteiger charge is -2.22. The molecule has 0 bridgehead atoms. The van der Waals surface area contributed by atoms with E-state index in [1.165, 1.54) is 19.1 Å². The van der Waals surface area contributed by atoms with Crippen LogP contribution in [-0.4, -0.2) is 30.5 Å². The number of pyridine rings is 1. The molecule has 1 aromatic heterocycles. The number of hydrogen-bond donors (Lipinski definition) is 1. The van der Waals surface area contributed by atoms with Gasteiger partial charge in [0, 0.05) is 12.0 Å². The molecule has 0 aliphatic heterocycles. The molecule has 1 unspecified atom stereocenters. The van der Waals surface area contributed by atoms with Gasteiger partial charge in [-0.25, -0.2) is 12.8 Å². The molecule has 1 atom stereocenters. The summed E-state index contributed by atoms with van der Waals surface area (Å²) in [4.78, 5) is 3.79. The number of sulfone groups is 1. The third kappa shape index (κ3) is 4.79. The fraction of sp³-hybridized carbons (Fsp3) is 0.545. The standard InChI is InChI=1S/C11H16FNO3S/c1-11(14,6-3-7-17(2,15)16)10-5-4-9(12)8-13-10/h4-5,8,14H,3,6-7H2,1-2H3. The van der Waals surface area contributed by atoms with Crippen molar-refractivity contribution in [2.24, 2.45) is 0 Å². The van der Waals surface area contributed by atoms with Crippen LogP contribution in [-0.2, 0) is 15.4 Å². The second kappa shape index (κ2) is 5.10. The van der Waals surface area contributed by atoms with E-state index in [1.54, 1.807) is 0 Å². The number of hydrogen-bond acceptors (Lipinski definition) is 4. The van der Waals surface area contributed by atoms with E-state index in [1.807, 2.05) is 0 Å². The first kappa shape index (κ1) is 14.1. The summed E-state index contributed by atoms with van der Waals surface area (Å²) >= 11 is 0. The Morgan fingerprint density at radius 2 is 2.12 bits per heavy atom. The molecule has 1 N–H and O–H groups in total. The Hall–Kier alpha value is -1.01. The van der Waals surface area contributed by atoms with Gasteiger partial charge >= 0.3 is 0 Å². The van der Waals surface area contributed by atoms with Gasteiger partial charge in [-0.1, -0.05) is 0 Å². The molecule has 1 aromatic rings. The first-order chi connectivity index (χ1) is 7.71. The van der Waals surface area contributed by atoms with Gasteiger partial charge in [0.25, 0.3) is 0 Å². The van der Waals surface area contributed by atoms with Crippen molar-refractivity contribution in [2.75, 3.05) is 12.0 Å². The molecule has 0 spiro atoms. The third-order valence-electron chi connectivity index (χ3n) is 2.46. The molecular formula is C11H16FNO3S. The summed E-state index contributed by atoms with van der Waals surface area (Å²) in [7, 11) is -3.03. The molecule has 1 heterocycles. The van der Waals surface area contributed by atoms with Crippen LogP contribution in [0.5, 0.6) is 0 Å². The van der Waals surface area contributed by atoms with Gasteiger partial charge in [-0.3, -0.25) is 4.98 Å². The second-order valence-corrected chi connectivity index (χ2v) is 6.63. The molecule has 0 aromatic carbocycles. The molecule has 0 aliphatic carbocycles. The van der Waals surface area contributed by atoms with Gasteiger partial charge < -0.3 is 5.11 Å². The van der Waals surface area contributed by atoms with Crippen molar-refractivity contribution < 1.29 is 17.9 Å². The van der Waals surface area contributed by atoms with Crippen molar-refractivity contribution in [3.05, 3.63) is 29.8 Å². The quantitative estimate of drug-likeness (QED) is 0.866. The smallest absolute Gasteiger partial charge is 0.147 e. The minimum absolute atomic E-state index is 0.0182. The van der Waals surface area contributed by atoms with Crippen LogP contribution in [0.3, 0.4) is 0 Å². The van der Waals surface area contributed by atoms with Crippen LogP contribution in [0.4, 0.5) is 4.39 Å². The highest BCUT2D eigenvalue weighted by Gasteiger charge is 2.24. The van der Waals surface area contributed by atoms with Crippen molar-refractivity contribution in [2.45, 2.75) is 25.4 Å². The number of aromatic nitrogens is 1. The zero-order valence-electron chi connectivity index (χ0n) is 9.85. The summed E-state index contributed by atoms with van der Waals surface area (Å²) in [5.74, 6) is -0.453. The third-order valence-corrected chi connectivity index (χ3v) is 3.49. The highest BCUT2D eigenvalue weighted by molar-refractivity contribution is 7.90. The maximum absolute atomic E-state index is 12.7. The minimum Gasteiger partial charge on any atom is -0.384 e. The predicted octanol–water partition coefficient (Wildman–Crippen LogP) is 1.25. The van der Waals surface area contributed by atoms with Crippen LogP contribution in [0.25, 0.3) is 0 Å². The number of aliphatic hydroxyl groups is 1. The number of rotatable bonds is 5. The van der Waals surface area contributed by atoms with Gasteiger partial charge in [-0.05, 0) is 31.9 Å². The van der Waals surface area contributed by atoms with Gasteiger partial charge in [0.05, 0.1) is 11.9 Å². The second-order valence-electron chi connectivity index (χ2n) is 4.37. The first-order valence-electron chi connectivity index (χ1n) is 5.23. The van der Waals surface area contributed by atoms with E-state index in [9.17, 15) is 17.9 Å². The Morgan fingerprint density at radius 1 is 1.47 bits per heavy atom. The molecule has 96 valence electrons. The van der Waals surface area contributed by atoms with E-state index in [0.717, 1.165) is 12.5 Å². The lowest BCUT2D eigenvalue weighted by atomic mass is 9.96. The zero-order chi connectivity index (χ0) is 13.1. The van der Waals surface area contributed by atoms with E-state index in [0.29, 0.717) is 12.1 Å².